The highest BCUT2D eigenvalue weighted by Crippen LogP contribution is 2.30. The van der Waals surface area contributed by atoms with Gasteiger partial charge in [0, 0.05) is 4.88 Å². The van der Waals surface area contributed by atoms with Gasteiger partial charge in [-0.05, 0) is 30.1 Å². The average molecular weight is 404 g/mol. The van der Waals surface area contributed by atoms with Crippen LogP contribution in [0.15, 0.2) is 47.5 Å². The molecule has 6 nitrogen and oxygen atoms in total. The third-order valence-corrected chi connectivity index (χ3v) is 5.88. The molecule has 142 valence electrons. The molecule has 0 aliphatic rings. The highest BCUT2D eigenvalue weighted by atomic mass is 32.2. The van der Waals surface area contributed by atoms with E-state index in [4.69, 9.17) is 0 Å². The molecule has 3 rings (SSSR count). The first kappa shape index (κ1) is 19.6. The molecule has 0 unspecified atom stereocenters. The number of hydrogen-bond donors (Lipinski definition) is 2. The van der Waals surface area contributed by atoms with Crippen molar-refractivity contribution in [1.82, 2.24) is 14.9 Å². The molecule has 0 radical (unpaired) electrons. The van der Waals surface area contributed by atoms with Gasteiger partial charge in [-0.3, -0.25) is 14.2 Å². The Morgan fingerprint density at radius 3 is 2.85 bits per heavy atom. The van der Waals surface area contributed by atoms with Crippen molar-refractivity contribution in [2.45, 2.75) is 19.0 Å². The van der Waals surface area contributed by atoms with Crippen molar-refractivity contribution in [3.63, 3.8) is 0 Å². The first-order chi connectivity index (χ1) is 13.1. The summed E-state index contributed by atoms with van der Waals surface area (Å²) in [7, 11) is 0. The summed E-state index contributed by atoms with van der Waals surface area (Å²) < 4.78 is 1.31. The number of carbonyl (C=O) groups excluding carboxylic acids is 1. The number of rotatable bonds is 8. The van der Waals surface area contributed by atoms with Crippen molar-refractivity contribution < 1.29 is 9.90 Å². The first-order valence-corrected chi connectivity index (χ1v) is 10.8. The molecule has 2 heterocycles. The van der Waals surface area contributed by atoms with Gasteiger partial charge in [0.05, 0.1) is 24.4 Å². The first-order valence-electron chi connectivity index (χ1n) is 8.56. The number of thioether (sulfide) groups is 1. The van der Waals surface area contributed by atoms with E-state index in [0.29, 0.717) is 16.6 Å². The summed E-state index contributed by atoms with van der Waals surface area (Å²) in [5, 5.41) is 12.6. The number of hydrogen-bond acceptors (Lipinski definition) is 6. The van der Waals surface area contributed by atoms with Gasteiger partial charge in [-0.15, -0.1) is 11.3 Å². The second-order valence-electron chi connectivity index (χ2n) is 6.10. The molecule has 0 saturated carbocycles. The number of aliphatic hydroxyl groups is 1. The zero-order chi connectivity index (χ0) is 19.2. The molecule has 27 heavy (non-hydrogen) atoms. The Morgan fingerprint density at radius 2 is 2.15 bits per heavy atom. The Hall–Kier alpha value is -2.16. The van der Waals surface area contributed by atoms with Crippen LogP contribution in [0.4, 0.5) is 0 Å². The number of aliphatic hydroxyl groups excluding tert-OH is 1. The maximum Gasteiger partial charge on any atom is 0.262 e. The van der Waals surface area contributed by atoms with Gasteiger partial charge >= 0.3 is 0 Å². The molecule has 0 bridgehead atoms. The lowest BCUT2D eigenvalue weighted by atomic mass is 10.2. The van der Waals surface area contributed by atoms with Crippen LogP contribution in [0.25, 0.3) is 20.7 Å². The van der Waals surface area contributed by atoms with Gasteiger partial charge in [0.1, 0.15) is 11.4 Å². The van der Waals surface area contributed by atoms with Crippen LogP contribution in [-0.2, 0) is 11.3 Å². The second-order valence-corrected chi connectivity index (χ2v) is 8.12. The summed E-state index contributed by atoms with van der Waals surface area (Å²) in [5.74, 6) is 0.535. The van der Waals surface area contributed by atoms with Gasteiger partial charge in [0.15, 0.2) is 0 Å². The van der Waals surface area contributed by atoms with E-state index in [1.54, 1.807) is 11.8 Å². The predicted octanol–water partition coefficient (Wildman–Crippen LogP) is 2.36. The number of carbonyl (C=O) groups is 1. The monoisotopic (exact) mass is 403 g/mol. The molecule has 0 aliphatic carbocycles. The van der Waals surface area contributed by atoms with E-state index < -0.39 is 0 Å². The number of fused-ring (bicyclic) bond motifs is 1. The van der Waals surface area contributed by atoms with Crippen LogP contribution in [0.1, 0.15) is 6.42 Å². The number of thiophene rings is 1. The fourth-order valence-corrected chi connectivity index (χ4v) is 4.23. The molecule has 2 N–H and O–H groups in total. The fourth-order valence-electron chi connectivity index (χ4n) is 2.71. The number of benzene rings is 1. The van der Waals surface area contributed by atoms with Crippen molar-refractivity contribution >= 4 is 39.2 Å². The zero-order valence-corrected chi connectivity index (χ0v) is 16.6. The van der Waals surface area contributed by atoms with Crippen molar-refractivity contribution in [2.24, 2.45) is 0 Å². The number of amides is 1. The van der Waals surface area contributed by atoms with Gasteiger partial charge < -0.3 is 10.4 Å². The number of nitrogens with zero attached hydrogens (tertiary/aromatic N) is 2. The third-order valence-electron chi connectivity index (χ3n) is 4.15. The standard InChI is InChI=1S/C19H21N3O3S2/c1-26-8-7-14(11-23)21-17(24)10-22-12-20-18-15(19(22)25)9-16(27-18)13-5-3-2-4-6-13/h2-6,9,12,14,23H,7-8,10-11H2,1H3,(H,21,24)/t14-/m0/s1. The molecular weight excluding hydrogens is 382 g/mol. The molecule has 1 amide bonds. The summed E-state index contributed by atoms with van der Waals surface area (Å²) in [6.07, 6.45) is 4.06. The fraction of sp³-hybridized carbons (Fsp3) is 0.316. The van der Waals surface area contributed by atoms with E-state index in [1.807, 2.05) is 42.7 Å². The van der Waals surface area contributed by atoms with Gasteiger partial charge in [-0.25, -0.2) is 4.98 Å². The summed E-state index contributed by atoms with van der Waals surface area (Å²) in [6.45, 7) is -0.239. The topological polar surface area (TPSA) is 84.2 Å². The molecule has 3 aromatic rings. The minimum absolute atomic E-state index is 0.117. The molecule has 0 saturated heterocycles. The van der Waals surface area contributed by atoms with E-state index in [0.717, 1.165) is 16.2 Å². The minimum Gasteiger partial charge on any atom is -0.394 e. The normalized spacial score (nSPS) is 12.2. The van der Waals surface area contributed by atoms with Crippen LogP contribution in [0.5, 0.6) is 0 Å². The van der Waals surface area contributed by atoms with Gasteiger partial charge in [0.25, 0.3) is 5.56 Å². The van der Waals surface area contributed by atoms with E-state index in [-0.39, 0.29) is 30.7 Å². The smallest absolute Gasteiger partial charge is 0.262 e. The molecule has 1 aromatic carbocycles. The molecule has 8 heteroatoms. The van der Waals surface area contributed by atoms with E-state index in [1.165, 1.54) is 22.2 Å². The second kappa shape index (κ2) is 9.16. The number of aromatic nitrogens is 2. The van der Waals surface area contributed by atoms with Crippen molar-refractivity contribution in [3.05, 3.63) is 53.1 Å². The highest BCUT2D eigenvalue weighted by molar-refractivity contribution is 7.98. The molecule has 1 atom stereocenters. The van der Waals surface area contributed by atoms with Crippen LogP contribution in [0.2, 0.25) is 0 Å². The maximum atomic E-state index is 12.7. The quantitative estimate of drug-likeness (QED) is 0.603. The predicted molar refractivity (Wildman–Crippen MR) is 111 cm³/mol. The molecular formula is C19H21N3O3S2. The maximum absolute atomic E-state index is 12.7. The van der Waals surface area contributed by atoms with Gasteiger partial charge in [-0.1, -0.05) is 30.3 Å². The van der Waals surface area contributed by atoms with E-state index >= 15 is 0 Å². The Labute approximate surface area is 165 Å². The summed E-state index contributed by atoms with van der Waals surface area (Å²) in [6, 6.07) is 11.3. The Kier molecular flexibility index (Phi) is 6.65. The molecule has 0 aliphatic heterocycles. The van der Waals surface area contributed by atoms with Crippen molar-refractivity contribution in [1.29, 1.82) is 0 Å². The number of nitrogens with one attached hydrogen (secondary N) is 1. The molecule has 0 spiro atoms. The Bertz CT molecular complexity index is 969. The van der Waals surface area contributed by atoms with Crippen molar-refractivity contribution in [2.75, 3.05) is 18.6 Å². The lowest BCUT2D eigenvalue weighted by Gasteiger charge is -2.16. The van der Waals surface area contributed by atoms with Gasteiger partial charge in [-0.2, -0.15) is 11.8 Å². The Balaban J connectivity index is 1.78. The summed E-state index contributed by atoms with van der Waals surface area (Å²) >= 11 is 3.11. The van der Waals surface area contributed by atoms with Crippen LogP contribution in [-0.4, -0.2) is 45.2 Å². The average Bonchev–Trinajstić information content (AvgIpc) is 3.13. The van der Waals surface area contributed by atoms with Crippen molar-refractivity contribution in [3.8, 4) is 10.4 Å². The largest absolute Gasteiger partial charge is 0.394 e. The zero-order valence-electron chi connectivity index (χ0n) is 14.9. The molecule has 0 fully saturated rings. The van der Waals surface area contributed by atoms with Crippen LogP contribution in [0.3, 0.4) is 0 Å². The lowest BCUT2D eigenvalue weighted by Crippen LogP contribution is -2.41. The lowest BCUT2D eigenvalue weighted by molar-refractivity contribution is -0.122. The van der Waals surface area contributed by atoms with Crippen LogP contribution < -0.4 is 10.9 Å². The molecule has 2 aromatic heterocycles. The third kappa shape index (κ3) is 4.77. The summed E-state index contributed by atoms with van der Waals surface area (Å²) in [4.78, 5) is 30.9. The van der Waals surface area contributed by atoms with E-state index in [2.05, 4.69) is 10.3 Å². The van der Waals surface area contributed by atoms with Gasteiger partial charge in [0.2, 0.25) is 5.91 Å². The minimum atomic E-state index is -0.308. The van der Waals surface area contributed by atoms with Crippen LogP contribution >= 0.6 is 23.1 Å². The van der Waals surface area contributed by atoms with E-state index in [9.17, 15) is 14.7 Å². The SMILES string of the molecule is CSCC[C@@H](CO)NC(=O)Cn1cnc2sc(-c3ccccc3)cc2c1=O. The van der Waals surface area contributed by atoms with Crippen LogP contribution in [0, 0.1) is 0 Å². The highest BCUT2D eigenvalue weighted by Gasteiger charge is 2.14. The Morgan fingerprint density at radius 1 is 1.37 bits per heavy atom. The summed E-state index contributed by atoms with van der Waals surface area (Å²) in [5.41, 5.74) is 0.794.